The second-order valence-electron chi connectivity index (χ2n) is 9.82. The van der Waals surface area contributed by atoms with Crippen molar-refractivity contribution in [2.75, 3.05) is 32.1 Å². The molecule has 2 aromatic rings. The first-order valence-electron chi connectivity index (χ1n) is 12.6. The van der Waals surface area contributed by atoms with Crippen LogP contribution < -0.4 is 10.1 Å². The first-order chi connectivity index (χ1) is 17.7. The second-order valence-corrected chi connectivity index (χ2v) is 12.2. The maximum Gasteiger partial charge on any atom is 0.257 e. The Bertz CT molecular complexity index is 1190. The molecular formula is C27H34N4O4S2. The molecule has 1 aromatic carbocycles. The van der Waals surface area contributed by atoms with Gasteiger partial charge < -0.3 is 19.9 Å². The van der Waals surface area contributed by atoms with Crippen LogP contribution in [-0.2, 0) is 9.59 Å². The first-order valence-corrected chi connectivity index (χ1v) is 14.2. The Morgan fingerprint density at radius 3 is 2.68 bits per heavy atom. The Labute approximate surface area is 226 Å². The van der Waals surface area contributed by atoms with Gasteiger partial charge in [-0.15, -0.1) is 0 Å². The second kappa shape index (κ2) is 11.7. The zero-order valence-corrected chi connectivity index (χ0v) is 23.4. The minimum absolute atomic E-state index is 0.0323. The lowest BCUT2D eigenvalue weighted by Gasteiger charge is -2.34. The normalized spacial score (nSPS) is 17.9. The Morgan fingerprint density at radius 1 is 1.27 bits per heavy atom. The van der Waals surface area contributed by atoms with Crippen LogP contribution in [0.1, 0.15) is 49.0 Å². The molecule has 1 aliphatic heterocycles. The standard InChI is InChI=1S/C27H34N4O4S2/c1-6-23(32)31-11-7-10-30(15-20(31)16(2)3)26(34)19-13-22(17(4)12-21(19)35-5)36-24-14-28-27(37-24)29-25(33)18-8-9-18/h6,12-14,16,18,20H,1,7-11,15H2,2-5H3,(H,28,29,33). The number of aromatic nitrogens is 1. The zero-order valence-electron chi connectivity index (χ0n) is 21.8. The fraction of sp³-hybridized carbons (Fsp3) is 0.481. The van der Waals surface area contributed by atoms with Crippen molar-refractivity contribution < 1.29 is 19.1 Å². The highest BCUT2D eigenvalue weighted by molar-refractivity contribution is 8.01. The molecule has 1 unspecified atom stereocenters. The molecule has 3 amide bonds. The number of amides is 3. The van der Waals surface area contributed by atoms with E-state index < -0.39 is 0 Å². The molecule has 1 atom stereocenters. The molecule has 198 valence electrons. The Morgan fingerprint density at radius 2 is 2.03 bits per heavy atom. The molecule has 1 aromatic heterocycles. The number of carbonyl (C=O) groups is 3. The van der Waals surface area contributed by atoms with E-state index in [1.165, 1.54) is 29.2 Å². The van der Waals surface area contributed by atoms with E-state index in [4.69, 9.17) is 4.74 Å². The van der Waals surface area contributed by atoms with Crippen LogP contribution in [0, 0.1) is 18.8 Å². The lowest BCUT2D eigenvalue weighted by molar-refractivity contribution is -0.129. The smallest absolute Gasteiger partial charge is 0.257 e. The molecule has 37 heavy (non-hydrogen) atoms. The van der Waals surface area contributed by atoms with Crippen LogP contribution >= 0.6 is 23.1 Å². The average Bonchev–Trinajstić information content (AvgIpc) is 3.68. The third-order valence-electron chi connectivity index (χ3n) is 6.75. The Balaban J connectivity index is 1.55. The summed E-state index contributed by atoms with van der Waals surface area (Å²) in [5, 5.41) is 3.48. The van der Waals surface area contributed by atoms with Crippen molar-refractivity contribution in [3.05, 3.63) is 42.1 Å². The van der Waals surface area contributed by atoms with Crippen LogP contribution in [-0.4, -0.2) is 65.3 Å². The summed E-state index contributed by atoms with van der Waals surface area (Å²) >= 11 is 2.94. The number of hydrogen-bond acceptors (Lipinski definition) is 7. The van der Waals surface area contributed by atoms with Gasteiger partial charge in [-0.05, 0) is 55.9 Å². The van der Waals surface area contributed by atoms with Gasteiger partial charge in [0, 0.05) is 30.4 Å². The van der Waals surface area contributed by atoms with Gasteiger partial charge in [-0.1, -0.05) is 43.5 Å². The molecule has 2 heterocycles. The van der Waals surface area contributed by atoms with Gasteiger partial charge in [0.25, 0.3) is 5.91 Å². The monoisotopic (exact) mass is 542 g/mol. The largest absolute Gasteiger partial charge is 0.496 e. The molecule has 10 heteroatoms. The number of benzene rings is 1. The third kappa shape index (κ3) is 6.35. The van der Waals surface area contributed by atoms with Gasteiger partial charge in [0.1, 0.15) is 5.75 Å². The molecule has 4 rings (SSSR count). The summed E-state index contributed by atoms with van der Waals surface area (Å²) in [6.45, 7) is 11.4. The van der Waals surface area contributed by atoms with Crippen molar-refractivity contribution in [2.45, 2.75) is 55.2 Å². The van der Waals surface area contributed by atoms with Crippen LogP contribution in [0.2, 0.25) is 0 Å². The number of thiazole rings is 1. The van der Waals surface area contributed by atoms with Gasteiger partial charge in [0.2, 0.25) is 11.8 Å². The van der Waals surface area contributed by atoms with Crippen molar-refractivity contribution in [1.29, 1.82) is 0 Å². The molecule has 0 bridgehead atoms. The van der Waals surface area contributed by atoms with Crippen LogP contribution in [0.15, 0.2) is 40.1 Å². The summed E-state index contributed by atoms with van der Waals surface area (Å²) in [5.41, 5.74) is 1.47. The van der Waals surface area contributed by atoms with Crippen molar-refractivity contribution in [3.63, 3.8) is 0 Å². The number of carbonyl (C=O) groups excluding carboxylic acids is 3. The van der Waals surface area contributed by atoms with Gasteiger partial charge >= 0.3 is 0 Å². The highest BCUT2D eigenvalue weighted by Gasteiger charge is 2.33. The van der Waals surface area contributed by atoms with Crippen LogP contribution in [0.25, 0.3) is 0 Å². The highest BCUT2D eigenvalue weighted by atomic mass is 32.2. The minimum Gasteiger partial charge on any atom is -0.496 e. The van der Waals surface area contributed by atoms with E-state index >= 15 is 0 Å². The number of ether oxygens (including phenoxy) is 1. The molecule has 1 saturated carbocycles. The summed E-state index contributed by atoms with van der Waals surface area (Å²) in [7, 11) is 1.57. The summed E-state index contributed by atoms with van der Waals surface area (Å²) in [6.07, 6.45) is 5.68. The Hall–Kier alpha value is -2.85. The number of aryl methyl sites for hydroxylation is 1. The van der Waals surface area contributed by atoms with Gasteiger partial charge in [0.05, 0.1) is 29.1 Å². The quantitative estimate of drug-likeness (QED) is 0.480. The minimum atomic E-state index is -0.112. The lowest BCUT2D eigenvalue weighted by Crippen LogP contribution is -2.47. The summed E-state index contributed by atoms with van der Waals surface area (Å²) < 4.78 is 6.53. The topological polar surface area (TPSA) is 91.8 Å². The number of methoxy groups -OCH3 is 1. The summed E-state index contributed by atoms with van der Waals surface area (Å²) in [6, 6.07) is 3.67. The molecule has 0 radical (unpaired) electrons. The number of hydrogen-bond donors (Lipinski definition) is 1. The van der Waals surface area contributed by atoms with Crippen molar-refractivity contribution in [3.8, 4) is 5.75 Å². The Kier molecular flexibility index (Phi) is 8.59. The van der Waals surface area contributed by atoms with Crippen molar-refractivity contribution in [1.82, 2.24) is 14.8 Å². The molecule has 2 fully saturated rings. The van der Waals surface area contributed by atoms with E-state index in [0.29, 0.717) is 42.5 Å². The van der Waals surface area contributed by atoms with E-state index in [1.807, 2.05) is 28.9 Å². The predicted octanol–water partition coefficient (Wildman–Crippen LogP) is 4.84. The van der Waals surface area contributed by atoms with Crippen LogP contribution in [0.3, 0.4) is 0 Å². The summed E-state index contributed by atoms with van der Waals surface area (Å²) in [5.74, 6) is 0.650. The third-order valence-corrected chi connectivity index (χ3v) is 8.92. The molecule has 0 spiro atoms. The first kappa shape index (κ1) is 27.2. The predicted molar refractivity (Wildman–Crippen MR) is 146 cm³/mol. The van der Waals surface area contributed by atoms with Gasteiger partial charge in [0.15, 0.2) is 5.13 Å². The highest BCUT2D eigenvalue weighted by Crippen LogP contribution is 2.39. The fourth-order valence-corrected chi connectivity index (χ4v) is 6.41. The molecule has 2 aliphatic rings. The van der Waals surface area contributed by atoms with Gasteiger partial charge in [-0.3, -0.25) is 14.4 Å². The van der Waals surface area contributed by atoms with Crippen molar-refractivity contribution >= 4 is 46.0 Å². The molecule has 1 N–H and O–H groups in total. The van der Waals surface area contributed by atoms with Gasteiger partial charge in [-0.25, -0.2) is 4.98 Å². The number of anilines is 1. The number of nitrogens with zero attached hydrogens (tertiary/aromatic N) is 3. The van der Waals surface area contributed by atoms with Crippen molar-refractivity contribution in [2.24, 2.45) is 11.8 Å². The lowest BCUT2D eigenvalue weighted by atomic mass is 10.0. The van der Waals surface area contributed by atoms with E-state index in [0.717, 1.165) is 27.5 Å². The van der Waals surface area contributed by atoms with Crippen LogP contribution in [0.4, 0.5) is 5.13 Å². The summed E-state index contributed by atoms with van der Waals surface area (Å²) in [4.78, 5) is 47.3. The van der Waals surface area contributed by atoms with Crippen LogP contribution in [0.5, 0.6) is 5.75 Å². The fourth-order valence-electron chi connectivity index (χ4n) is 4.46. The molecular weight excluding hydrogens is 508 g/mol. The SMILES string of the molecule is C=CC(=O)N1CCCN(C(=O)c2cc(Sc3cnc(NC(=O)C4CC4)s3)c(C)cc2OC)CC1C(C)C. The zero-order chi connectivity index (χ0) is 26.7. The van der Waals surface area contributed by atoms with E-state index in [1.54, 1.807) is 13.3 Å². The maximum absolute atomic E-state index is 13.8. The number of rotatable bonds is 8. The molecule has 1 aliphatic carbocycles. The average molecular weight is 543 g/mol. The van der Waals surface area contributed by atoms with Gasteiger partial charge in [-0.2, -0.15) is 0 Å². The molecule has 1 saturated heterocycles. The maximum atomic E-state index is 13.8. The molecule has 8 nitrogen and oxygen atoms in total. The number of nitrogens with one attached hydrogen (secondary N) is 1. The van der Waals surface area contributed by atoms with E-state index in [2.05, 4.69) is 30.7 Å². The van der Waals surface area contributed by atoms with E-state index in [9.17, 15) is 14.4 Å². The van der Waals surface area contributed by atoms with E-state index in [-0.39, 0.29) is 35.6 Å².